The van der Waals surface area contributed by atoms with E-state index in [-0.39, 0.29) is 0 Å². The average molecular weight is 360 g/mol. The average Bonchev–Trinajstić information content (AvgIpc) is 3.00. The summed E-state index contributed by atoms with van der Waals surface area (Å²) < 4.78 is 5.86. The van der Waals surface area contributed by atoms with Gasteiger partial charge in [0.25, 0.3) is 0 Å². The Hall–Kier alpha value is -0.0700. The van der Waals surface area contributed by atoms with Crippen molar-refractivity contribution in [2.75, 3.05) is 38.3 Å². The molecule has 1 aliphatic heterocycles. The van der Waals surface area contributed by atoms with E-state index in [1.807, 2.05) is 7.05 Å². The van der Waals surface area contributed by atoms with Crippen molar-refractivity contribution in [3.63, 3.8) is 0 Å². The third-order valence-electron chi connectivity index (χ3n) is 4.78. The van der Waals surface area contributed by atoms with Crippen LogP contribution in [0.2, 0.25) is 0 Å². The molecule has 0 aromatic carbocycles. The summed E-state index contributed by atoms with van der Waals surface area (Å²) in [5.74, 6) is 3.36. The smallest absolute Gasteiger partial charge is 0.191 e. The highest BCUT2D eigenvalue weighted by Crippen LogP contribution is 2.35. The maximum Gasteiger partial charge on any atom is 0.191 e. The first-order valence-electron chi connectivity index (χ1n) is 9.02. The first kappa shape index (κ1) is 19.3. The Labute approximate surface area is 150 Å². The van der Waals surface area contributed by atoms with Gasteiger partial charge in [0.05, 0.1) is 0 Å². The number of guanidine groups is 1. The minimum Gasteiger partial charge on any atom is -0.381 e. The molecule has 2 aliphatic rings. The van der Waals surface area contributed by atoms with Crippen LogP contribution in [0.3, 0.4) is 0 Å². The maximum absolute atomic E-state index is 5.56. The second kappa shape index (κ2) is 10.0. The summed E-state index contributed by atoms with van der Waals surface area (Å²) in [6.07, 6.45) is 6.13. The molecule has 0 spiro atoms. The predicted molar refractivity (Wildman–Crippen MR) is 105 cm³/mol. The van der Waals surface area contributed by atoms with Crippen LogP contribution in [0.4, 0.5) is 0 Å². The van der Waals surface area contributed by atoms with Crippen molar-refractivity contribution in [3.05, 3.63) is 0 Å². The minimum atomic E-state index is 0.306. The van der Waals surface area contributed by atoms with E-state index in [0.717, 1.165) is 49.6 Å². The lowest BCUT2D eigenvalue weighted by atomic mass is 9.99. The van der Waals surface area contributed by atoms with Crippen molar-refractivity contribution >= 4 is 29.5 Å². The molecule has 2 rings (SSSR count). The zero-order valence-corrected chi connectivity index (χ0v) is 16.5. The summed E-state index contributed by atoms with van der Waals surface area (Å²) in [5, 5.41) is 8.06. The molecule has 1 saturated carbocycles. The fraction of sp³-hybridized carbons (Fsp3) is 0.941. The summed E-state index contributed by atoms with van der Waals surface area (Å²) >= 11 is 4.18. The summed E-state index contributed by atoms with van der Waals surface area (Å²) in [4.78, 5) is 4.45. The molecule has 0 aromatic rings. The molecule has 2 unspecified atom stereocenters. The number of nitrogens with zero attached hydrogens (tertiary/aromatic N) is 1. The summed E-state index contributed by atoms with van der Waals surface area (Å²) in [7, 11) is 1.88. The Morgan fingerprint density at radius 1 is 1.22 bits per heavy atom. The topological polar surface area (TPSA) is 45.7 Å². The van der Waals surface area contributed by atoms with E-state index in [9.17, 15) is 0 Å². The zero-order valence-electron chi connectivity index (χ0n) is 14.9. The van der Waals surface area contributed by atoms with Crippen LogP contribution in [-0.4, -0.2) is 60.3 Å². The van der Waals surface area contributed by atoms with E-state index >= 15 is 0 Å². The molecular formula is C17H33N3OS2. The van der Waals surface area contributed by atoms with Crippen LogP contribution in [0.5, 0.6) is 0 Å². The molecule has 0 radical (unpaired) electrons. The Kier molecular flexibility index (Phi) is 8.41. The van der Waals surface area contributed by atoms with E-state index in [4.69, 9.17) is 4.74 Å². The van der Waals surface area contributed by atoms with Crippen molar-refractivity contribution < 1.29 is 4.74 Å². The van der Waals surface area contributed by atoms with Crippen LogP contribution in [-0.2, 0) is 4.74 Å². The lowest BCUT2D eigenvalue weighted by Crippen LogP contribution is -2.49. The molecule has 0 amide bonds. The van der Waals surface area contributed by atoms with Gasteiger partial charge >= 0.3 is 0 Å². The van der Waals surface area contributed by atoms with Crippen LogP contribution in [0, 0.1) is 0 Å². The Bertz CT molecular complexity index is 367. The van der Waals surface area contributed by atoms with Gasteiger partial charge in [-0.15, -0.1) is 0 Å². The van der Waals surface area contributed by atoms with Gasteiger partial charge in [0.15, 0.2) is 5.96 Å². The number of ether oxygens (including phenoxy) is 1. The molecule has 0 bridgehead atoms. The van der Waals surface area contributed by atoms with Gasteiger partial charge < -0.3 is 15.4 Å². The number of hydrogen-bond acceptors (Lipinski definition) is 4. The van der Waals surface area contributed by atoms with Gasteiger partial charge in [0.1, 0.15) is 0 Å². The highest BCUT2D eigenvalue weighted by atomic mass is 32.2. The summed E-state index contributed by atoms with van der Waals surface area (Å²) in [6.45, 7) is 7.26. The summed E-state index contributed by atoms with van der Waals surface area (Å²) in [6, 6.07) is 0.578. The Morgan fingerprint density at radius 3 is 2.65 bits per heavy atom. The molecule has 2 atom stereocenters. The summed E-state index contributed by atoms with van der Waals surface area (Å²) in [5.41, 5.74) is 0. The standard InChI is InChI=1S/C17H33N3OS2/c1-4-22-15-7-6-14(12-15)20-16(18-3)19-13-17(23-5-2)8-10-21-11-9-17/h14-15H,4-13H2,1-3H3,(H2,18,19,20). The molecule has 23 heavy (non-hydrogen) atoms. The molecule has 1 aliphatic carbocycles. The number of nitrogens with one attached hydrogen (secondary N) is 2. The predicted octanol–water partition coefficient (Wildman–Crippen LogP) is 3.13. The number of thioether (sulfide) groups is 2. The van der Waals surface area contributed by atoms with Gasteiger partial charge in [-0.25, -0.2) is 0 Å². The third kappa shape index (κ3) is 6.05. The van der Waals surface area contributed by atoms with Crippen LogP contribution in [0.15, 0.2) is 4.99 Å². The molecular weight excluding hydrogens is 326 g/mol. The van der Waals surface area contributed by atoms with Gasteiger partial charge in [0.2, 0.25) is 0 Å². The van der Waals surface area contributed by atoms with E-state index in [1.165, 1.54) is 25.0 Å². The lowest BCUT2D eigenvalue weighted by Gasteiger charge is -2.37. The van der Waals surface area contributed by atoms with E-state index < -0.39 is 0 Å². The zero-order chi connectivity index (χ0) is 16.5. The SMILES string of the molecule is CCSC1CCC(NC(=NC)NCC2(SCC)CCOCC2)C1. The van der Waals surface area contributed by atoms with E-state index in [1.54, 1.807) is 0 Å². The first-order valence-corrected chi connectivity index (χ1v) is 11.0. The molecule has 2 fully saturated rings. The largest absolute Gasteiger partial charge is 0.381 e. The van der Waals surface area contributed by atoms with E-state index in [2.05, 4.69) is 53.0 Å². The van der Waals surface area contributed by atoms with Gasteiger partial charge in [-0.1, -0.05) is 13.8 Å². The monoisotopic (exact) mass is 359 g/mol. The number of hydrogen-bond donors (Lipinski definition) is 2. The highest BCUT2D eigenvalue weighted by molar-refractivity contribution is 8.00. The fourth-order valence-corrected chi connectivity index (χ4v) is 5.90. The molecule has 2 N–H and O–H groups in total. The van der Waals surface area contributed by atoms with Crippen molar-refractivity contribution in [1.29, 1.82) is 0 Å². The first-order chi connectivity index (χ1) is 11.2. The van der Waals surface area contributed by atoms with Gasteiger partial charge in [-0.05, 0) is 43.6 Å². The minimum absolute atomic E-state index is 0.306. The highest BCUT2D eigenvalue weighted by Gasteiger charge is 2.33. The molecule has 1 heterocycles. The van der Waals surface area contributed by atoms with Crippen LogP contribution in [0.1, 0.15) is 46.0 Å². The second-order valence-electron chi connectivity index (χ2n) is 6.39. The quantitative estimate of drug-likeness (QED) is 0.540. The van der Waals surface area contributed by atoms with Crippen molar-refractivity contribution in [3.8, 4) is 0 Å². The van der Waals surface area contributed by atoms with Crippen LogP contribution < -0.4 is 10.6 Å². The van der Waals surface area contributed by atoms with Gasteiger partial charge in [-0.2, -0.15) is 23.5 Å². The number of rotatable bonds is 7. The van der Waals surface area contributed by atoms with Crippen LogP contribution >= 0.6 is 23.5 Å². The molecule has 1 saturated heterocycles. The van der Waals surface area contributed by atoms with Crippen molar-refractivity contribution in [2.45, 2.75) is 62.0 Å². The second-order valence-corrected chi connectivity index (χ2v) is 9.70. The Balaban J connectivity index is 1.80. The molecule has 134 valence electrons. The molecule has 6 heteroatoms. The van der Waals surface area contributed by atoms with Gasteiger partial charge in [-0.3, -0.25) is 4.99 Å². The van der Waals surface area contributed by atoms with E-state index in [0.29, 0.717) is 10.8 Å². The van der Waals surface area contributed by atoms with Crippen LogP contribution in [0.25, 0.3) is 0 Å². The third-order valence-corrected chi connectivity index (χ3v) is 7.47. The molecule has 4 nitrogen and oxygen atoms in total. The number of aliphatic imine (C=N–C) groups is 1. The molecule has 0 aromatic heterocycles. The van der Waals surface area contributed by atoms with Crippen molar-refractivity contribution in [2.24, 2.45) is 4.99 Å². The van der Waals surface area contributed by atoms with Crippen molar-refractivity contribution in [1.82, 2.24) is 10.6 Å². The maximum atomic E-state index is 5.56. The lowest BCUT2D eigenvalue weighted by molar-refractivity contribution is 0.0782. The Morgan fingerprint density at radius 2 is 2.00 bits per heavy atom. The van der Waals surface area contributed by atoms with Gasteiger partial charge in [0, 0.05) is 42.8 Å². The fourth-order valence-electron chi connectivity index (χ4n) is 3.51. The normalized spacial score (nSPS) is 27.9.